The summed E-state index contributed by atoms with van der Waals surface area (Å²) in [5, 5.41) is 16.0. The summed E-state index contributed by atoms with van der Waals surface area (Å²) in [6.07, 6.45) is 0.353. The number of aliphatic hydroxyl groups is 1. The van der Waals surface area contributed by atoms with Crippen LogP contribution in [0.25, 0.3) is 10.8 Å². The van der Waals surface area contributed by atoms with E-state index in [9.17, 15) is 9.90 Å². The van der Waals surface area contributed by atoms with Gasteiger partial charge in [0.15, 0.2) is 0 Å². The number of fused-ring (bicyclic) bond motifs is 1. The molecule has 0 spiro atoms. The number of anilines is 1. The predicted molar refractivity (Wildman–Crippen MR) is 115 cm³/mol. The van der Waals surface area contributed by atoms with E-state index in [1.54, 1.807) is 6.92 Å². The average molecular weight is 390 g/mol. The molecule has 2 N–H and O–H groups in total. The number of carbonyl (C=O) groups excluding carboxylic acids is 1. The van der Waals surface area contributed by atoms with Gasteiger partial charge in [0.2, 0.25) is 5.91 Å². The number of β-amino-alcohol motifs (C(OH)–C–C–N with tert-alkyl or cyclic N) is 1. The van der Waals surface area contributed by atoms with Gasteiger partial charge in [-0.25, -0.2) is 0 Å². The van der Waals surface area contributed by atoms with Gasteiger partial charge in [-0.3, -0.25) is 9.69 Å². The first-order valence-corrected chi connectivity index (χ1v) is 9.95. The molecule has 2 atom stereocenters. The van der Waals surface area contributed by atoms with Gasteiger partial charge in [-0.05, 0) is 36.9 Å². The number of likely N-dealkylation sites (tertiary alicyclic amines) is 1. The molecule has 1 amide bonds. The lowest BCUT2D eigenvalue weighted by atomic mass is 9.91. The third-order valence-corrected chi connectivity index (χ3v) is 5.40. The Bertz CT molecular complexity index is 982. The Balaban J connectivity index is 1.37. The molecule has 3 aromatic rings. The normalized spacial score (nSPS) is 22.3. The van der Waals surface area contributed by atoms with Gasteiger partial charge in [0.25, 0.3) is 0 Å². The van der Waals surface area contributed by atoms with Crippen molar-refractivity contribution in [2.75, 3.05) is 25.0 Å². The van der Waals surface area contributed by atoms with Crippen molar-refractivity contribution < 1.29 is 14.6 Å². The number of nitrogens with zero attached hydrogens (tertiary/aromatic N) is 1. The maximum absolute atomic E-state index is 12.6. The zero-order valence-corrected chi connectivity index (χ0v) is 16.5. The highest BCUT2D eigenvalue weighted by molar-refractivity contribution is 6.02. The lowest BCUT2D eigenvalue weighted by molar-refractivity contribution is -0.123. The van der Waals surface area contributed by atoms with Crippen LogP contribution in [0.15, 0.2) is 72.8 Å². The number of rotatable bonds is 5. The van der Waals surface area contributed by atoms with Gasteiger partial charge < -0.3 is 15.2 Å². The first kappa shape index (κ1) is 19.4. The summed E-state index contributed by atoms with van der Waals surface area (Å²) in [7, 11) is 0. The van der Waals surface area contributed by atoms with Gasteiger partial charge in [-0.15, -0.1) is 0 Å². The highest BCUT2D eigenvalue weighted by atomic mass is 16.5. The minimum absolute atomic E-state index is 0.0837. The summed E-state index contributed by atoms with van der Waals surface area (Å²) >= 11 is 0. The van der Waals surface area contributed by atoms with Crippen LogP contribution in [-0.4, -0.2) is 47.3 Å². The maximum atomic E-state index is 12.6. The molecular weight excluding hydrogens is 364 g/mol. The SMILES string of the molecule is C[C@]1(O)CN(CC(=O)Nc2cccc3ccccc23)CC[C@@H]1Oc1ccccc1. The third-order valence-electron chi connectivity index (χ3n) is 5.40. The van der Waals surface area contributed by atoms with Gasteiger partial charge in [0, 0.05) is 24.2 Å². The van der Waals surface area contributed by atoms with Crippen molar-refractivity contribution in [2.24, 2.45) is 0 Å². The van der Waals surface area contributed by atoms with Crippen molar-refractivity contribution in [3.05, 3.63) is 72.8 Å². The van der Waals surface area contributed by atoms with E-state index in [4.69, 9.17) is 4.74 Å². The van der Waals surface area contributed by atoms with Crippen molar-refractivity contribution >= 4 is 22.4 Å². The first-order valence-electron chi connectivity index (χ1n) is 9.95. The molecule has 0 saturated carbocycles. The molecule has 0 radical (unpaired) electrons. The Morgan fingerprint density at radius 2 is 1.83 bits per heavy atom. The van der Waals surface area contributed by atoms with E-state index >= 15 is 0 Å². The minimum Gasteiger partial charge on any atom is -0.487 e. The van der Waals surface area contributed by atoms with Crippen LogP contribution in [0.4, 0.5) is 5.69 Å². The number of piperidine rings is 1. The van der Waals surface area contributed by atoms with Crippen molar-refractivity contribution in [3.63, 3.8) is 0 Å². The Labute approximate surface area is 170 Å². The average Bonchev–Trinajstić information content (AvgIpc) is 2.71. The summed E-state index contributed by atoms with van der Waals surface area (Å²) in [5.41, 5.74) is -0.226. The van der Waals surface area contributed by atoms with E-state index in [0.717, 1.165) is 22.2 Å². The molecule has 5 nitrogen and oxygen atoms in total. The van der Waals surface area contributed by atoms with E-state index in [0.29, 0.717) is 19.5 Å². The van der Waals surface area contributed by atoms with Gasteiger partial charge in [-0.1, -0.05) is 54.6 Å². The summed E-state index contributed by atoms with van der Waals surface area (Å²) in [4.78, 5) is 14.6. The van der Waals surface area contributed by atoms with Crippen LogP contribution in [0.1, 0.15) is 13.3 Å². The molecule has 0 aromatic heterocycles. The fraction of sp³-hybridized carbons (Fsp3) is 0.292. The second kappa shape index (κ2) is 8.23. The number of amides is 1. The van der Waals surface area contributed by atoms with E-state index in [1.807, 2.05) is 77.7 Å². The molecular formula is C24H26N2O3. The number of carbonyl (C=O) groups is 1. The molecule has 1 aliphatic rings. The smallest absolute Gasteiger partial charge is 0.238 e. The van der Waals surface area contributed by atoms with E-state index in [2.05, 4.69) is 5.32 Å². The van der Waals surface area contributed by atoms with Gasteiger partial charge in [0.05, 0.1) is 6.54 Å². The summed E-state index contributed by atoms with van der Waals surface area (Å²) < 4.78 is 5.99. The Hall–Kier alpha value is -2.89. The number of nitrogens with one attached hydrogen (secondary N) is 1. The second-order valence-electron chi connectivity index (χ2n) is 7.85. The second-order valence-corrected chi connectivity index (χ2v) is 7.85. The van der Waals surface area contributed by atoms with Crippen LogP contribution in [0.5, 0.6) is 5.75 Å². The molecule has 1 saturated heterocycles. The number of hydrogen-bond donors (Lipinski definition) is 2. The number of hydrogen-bond acceptors (Lipinski definition) is 4. The van der Waals surface area contributed by atoms with E-state index < -0.39 is 5.60 Å². The van der Waals surface area contributed by atoms with Crippen LogP contribution in [0.3, 0.4) is 0 Å². The molecule has 4 rings (SSSR count). The lowest BCUT2D eigenvalue weighted by Gasteiger charge is -2.42. The quantitative estimate of drug-likeness (QED) is 0.698. The fourth-order valence-corrected chi connectivity index (χ4v) is 3.96. The number of ether oxygens (including phenoxy) is 1. The zero-order chi connectivity index (χ0) is 20.3. The van der Waals surface area contributed by atoms with E-state index in [-0.39, 0.29) is 18.6 Å². The number of benzene rings is 3. The van der Waals surface area contributed by atoms with Crippen molar-refractivity contribution in [2.45, 2.75) is 25.0 Å². The number of para-hydroxylation sites is 1. The molecule has 0 aliphatic carbocycles. The molecule has 1 fully saturated rings. The topological polar surface area (TPSA) is 61.8 Å². The van der Waals surface area contributed by atoms with Crippen LogP contribution < -0.4 is 10.1 Å². The van der Waals surface area contributed by atoms with Crippen LogP contribution >= 0.6 is 0 Å². The van der Waals surface area contributed by atoms with Crippen LogP contribution in [0.2, 0.25) is 0 Å². The monoisotopic (exact) mass is 390 g/mol. The van der Waals surface area contributed by atoms with Gasteiger partial charge >= 0.3 is 0 Å². The van der Waals surface area contributed by atoms with Gasteiger partial charge in [-0.2, -0.15) is 0 Å². The zero-order valence-electron chi connectivity index (χ0n) is 16.5. The molecule has 150 valence electrons. The van der Waals surface area contributed by atoms with Crippen molar-refractivity contribution in [3.8, 4) is 5.75 Å². The minimum atomic E-state index is -1.03. The Morgan fingerprint density at radius 3 is 2.62 bits per heavy atom. The Kier molecular flexibility index (Phi) is 5.51. The lowest BCUT2D eigenvalue weighted by Crippen LogP contribution is -2.58. The highest BCUT2D eigenvalue weighted by Crippen LogP contribution is 2.27. The summed E-state index contributed by atoms with van der Waals surface area (Å²) in [5.74, 6) is 0.666. The molecule has 5 heteroatoms. The molecule has 29 heavy (non-hydrogen) atoms. The third kappa shape index (κ3) is 4.58. The Morgan fingerprint density at radius 1 is 1.10 bits per heavy atom. The van der Waals surface area contributed by atoms with Crippen molar-refractivity contribution in [1.82, 2.24) is 4.90 Å². The predicted octanol–water partition coefficient (Wildman–Crippen LogP) is 3.68. The molecule has 1 aliphatic heterocycles. The fourth-order valence-electron chi connectivity index (χ4n) is 3.96. The van der Waals surface area contributed by atoms with Crippen molar-refractivity contribution in [1.29, 1.82) is 0 Å². The first-order chi connectivity index (χ1) is 14.0. The summed E-state index contributed by atoms with van der Waals surface area (Å²) in [6, 6.07) is 23.4. The molecule has 3 aromatic carbocycles. The molecule has 1 heterocycles. The van der Waals surface area contributed by atoms with Crippen LogP contribution in [0, 0.1) is 0 Å². The standard InChI is InChI=1S/C24H26N2O3/c1-24(28)17-26(15-14-22(24)29-19-10-3-2-4-11-19)16-23(27)25-21-13-7-9-18-8-5-6-12-20(18)21/h2-13,22,28H,14-17H2,1H3,(H,25,27)/t22-,24-/m0/s1. The largest absolute Gasteiger partial charge is 0.487 e. The highest BCUT2D eigenvalue weighted by Gasteiger charge is 2.40. The molecule has 0 bridgehead atoms. The summed E-state index contributed by atoms with van der Waals surface area (Å²) in [6.45, 7) is 3.08. The molecule has 0 unspecified atom stereocenters. The maximum Gasteiger partial charge on any atom is 0.238 e. The van der Waals surface area contributed by atoms with Gasteiger partial charge in [0.1, 0.15) is 17.5 Å². The van der Waals surface area contributed by atoms with E-state index in [1.165, 1.54) is 0 Å². The van der Waals surface area contributed by atoms with Crippen LogP contribution in [-0.2, 0) is 4.79 Å².